The lowest BCUT2D eigenvalue weighted by Gasteiger charge is -2.17. The highest BCUT2D eigenvalue weighted by atomic mass is 16.2. The fourth-order valence-electron chi connectivity index (χ4n) is 2.20. The smallest absolute Gasteiger partial charge is 0.237 e. The molecule has 3 nitrogen and oxygen atoms in total. The molecule has 0 aliphatic carbocycles. The molecule has 16 heavy (non-hydrogen) atoms. The summed E-state index contributed by atoms with van der Waals surface area (Å²) in [5, 5.41) is 6.32. The molecule has 1 rings (SSSR count). The van der Waals surface area contributed by atoms with E-state index in [9.17, 15) is 4.79 Å². The maximum absolute atomic E-state index is 11.8. The van der Waals surface area contributed by atoms with Gasteiger partial charge < -0.3 is 10.6 Å². The molecule has 1 amide bonds. The molecule has 3 heteroatoms. The first-order chi connectivity index (χ1) is 7.74. The van der Waals surface area contributed by atoms with Crippen molar-refractivity contribution in [2.75, 3.05) is 6.54 Å². The van der Waals surface area contributed by atoms with Crippen LogP contribution in [0.25, 0.3) is 0 Å². The Hall–Kier alpha value is -0.570. The number of hydrogen-bond donors (Lipinski definition) is 2. The molecule has 1 saturated heterocycles. The van der Waals surface area contributed by atoms with Gasteiger partial charge in [-0.1, -0.05) is 32.6 Å². The molecule has 1 fully saturated rings. The van der Waals surface area contributed by atoms with E-state index < -0.39 is 0 Å². The third kappa shape index (κ3) is 4.97. The van der Waals surface area contributed by atoms with Crippen LogP contribution in [0.3, 0.4) is 0 Å². The zero-order chi connectivity index (χ0) is 11.8. The summed E-state index contributed by atoms with van der Waals surface area (Å²) in [5.74, 6) is 0.195. The van der Waals surface area contributed by atoms with Crippen molar-refractivity contribution in [1.29, 1.82) is 0 Å². The van der Waals surface area contributed by atoms with E-state index in [0.717, 1.165) is 25.8 Å². The van der Waals surface area contributed by atoms with Crippen molar-refractivity contribution >= 4 is 5.91 Å². The lowest BCUT2D eigenvalue weighted by Crippen LogP contribution is -2.44. The maximum atomic E-state index is 11.8. The van der Waals surface area contributed by atoms with Gasteiger partial charge in [-0.2, -0.15) is 0 Å². The fraction of sp³-hybridized carbons (Fsp3) is 0.923. The van der Waals surface area contributed by atoms with Crippen LogP contribution >= 0.6 is 0 Å². The minimum Gasteiger partial charge on any atom is -0.352 e. The first-order valence-electron chi connectivity index (χ1n) is 6.77. The highest BCUT2D eigenvalue weighted by Crippen LogP contribution is 2.08. The second-order valence-electron chi connectivity index (χ2n) is 4.91. The summed E-state index contributed by atoms with van der Waals surface area (Å²) in [4.78, 5) is 11.8. The molecule has 1 unspecified atom stereocenters. The van der Waals surface area contributed by atoms with E-state index in [0.29, 0.717) is 6.04 Å². The summed E-state index contributed by atoms with van der Waals surface area (Å²) < 4.78 is 0. The fourth-order valence-corrected chi connectivity index (χ4v) is 2.20. The number of carbonyl (C=O) groups is 1. The topological polar surface area (TPSA) is 41.1 Å². The normalized spacial score (nSPS) is 22.0. The van der Waals surface area contributed by atoms with Gasteiger partial charge in [0.05, 0.1) is 6.04 Å². The SMILES string of the molecule is CCCCCCC(C)NC(=O)[C@@H]1CCCN1. The molecular formula is C13H26N2O. The van der Waals surface area contributed by atoms with Crippen molar-refractivity contribution < 1.29 is 4.79 Å². The van der Waals surface area contributed by atoms with Crippen LogP contribution in [0.15, 0.2) is 0 Å². The zero-order valence-corrected chi connectivity index (χ0v) is 10.7. The Morgan fingerprint density at radius 3 is 2.88 bits per heavy atom. The Morgan fingerprint density at radius 1 is 1.44 bits per heavy atom. The summed E-state index contributed by atoms with van der Waals surface area (Å²) in [7, 11) is 0. The quantitative estimate of drug-likeness (QED) is 0.654. The Balaban J connectivity index is 2.08. The van der Waals surface area contributed by atoms with E-state index >= 15 is 0 Å². The molecule has 2 N–H and O–H groups in total. The third-order valence-electron chi connectivity index (χ3n) is 3.26. The number of unbranched alkanes of at least 4 members (excludes halogenated alkanes) is 3. The van der Waals surface area contributed by atoms with Gasteiger partial charge in [0.25, 0.3) is 0 Å². The second-order valence-corrected chi connectivity index (χ2v) is 4.91. The van der Waals surface area contributed by atoms with E-state index in [1.165, 1.54) is 25.7 Å². The van der Waals surface area contributed by atoms with Gasteiger partial charge in [-0.3, -0.25) is 4.79 Å². The molecule has 94 valence electrons. The summed E-state index contributed by atoms with van der Waals surface area (Å²) in [6.07, 6.45) is 8.33. The van der Waals surface area contributed by atoms with Gasteiger partial charge in [0.15, 0.2) is 0 Å². The van der Waals surface area contributed by atoms with Crippen LogP contribution in [0.5, 0.6) is 0 Å². The van der Waals surface area contributed by atoms with Crippen LogP contribution in [0.2, 0.25) is 0 Å². The monoisotopic (exact) mass is 226 g/mol. The molecule has 0 saturated carbocycles. The Labute approximate surface area is 99.4 Å². The molecule has 1 aliphatic heterocycles. The number of hydrogen-bond acceptors (Lipinski definition) is 2. The molecular weight excluding hydrogens is 200 g/mol. The highest BCUT2D eigenvalue weighted by molar-refractivity contribution is 5.82. The lowest BCUT2D eigenvalue weighted by atomic mass is 10.1. The van der Waals surface area contributed by atoms with E-state index in [4.69, 9.17) is 0 Å². The van der Waals surface area contributed by atoms with Crippen LogP contribution in [0.1, 0.15) is 58.8 Å². The van der Waals surface area contributed by atoms with Crippen LogP contribution in [-0.2, 0) is 4.79 Å². The molecule has 0 spiro atoms. The summed E-state index contributed by atoms with van der Waals surface area (Å²) in [6, 6.07) is 0.393. The van der Waals surface area contributed by atoms with Gasteiger partial charge in [-0.05, 0) is 32.7 Å². The molecule has 2 atom stereocenters. The Morgan fingerprint density at radius 2 is 2.25 bits per heavy atom. The van der Waals surface area contributed by atoms with Crippen molar-refractivity contribution in [3.05, 3.63) is 0 Å². The maximum Gasteiger partial charge on any atom is 0.237 e. The van der Waals surface area contributed by atoms with Crippen LogP contribution < -0.4 is 10.6 Å². The van der Waals surface area contributed by atoms with Crippen molar-refractivity contribution in [1.82, 2.24) is 10.6 Å². The van der Waals surface area contributed by atoms with E-state index in [1.54, 1.807) is 0 Å². The average molecular weight is 226 g/mol. The van der Waals surface area contributed by atoms with Gasteiger partial charge in [-0.15, -0.1) is 0 Å². The van der Waals surface area contributed by atoms with Crippen molar-refractivity contribution in [3.63, 3.8) is 0 Å². The molecule has 0 aromatic carbocycles. The van der Waals surface area contributed by atoms with Crippen LogP contribution in [-0.4, -0.2) is 24.5 Å². The van der Waals surface area contributed by atoms with Crippen molar-refractivity contribution in [3.8, 4) is 0 Å². The first-order valence-corrected chi connectivity index (χ1v) is 6.77. The van der Waals surface area contributed by atoms with Crippen molar-refractivity contribution in [2.45, 2.75) is 70.9 Å². The van der Waals surface area contributed by atoms with E-state index in [2.05, 4.69) is 24.5 Å². The third-order valence-corrected chi connectivity index (χ3v) is 3.26. The van der Waals surface area contributed by atoms with Crippen LogP contribution in [0.4, 0.5) is 0 Å². The van der Waals surface area contributed by atoms with Gasteiger partial charge in [-0.25, -0.2) is 0 Å². The lowest BCUT2D eigenvalue weighted by molar-refractivity contribution is -0.123. The summed E-state index contributed by atoms with van der Waals surface area (Å²) in [5.41, 5.74) is 0. The first kappa shape index (κ1) is 13.5. The predicted molar refractivity (Wildman–Crippen MR) is 67.4 cm³/mol. The molecule has 0 aromatic rings. The minimum absolute atomic E-state index is 0.0677. The highest BCUT2D eigenvalue weighted by Gasteiger charge is 2.22. The molecule has 1 aliphatic rings. The van der Waals surface area contributed by atoms with Crippen LogP contribution in [0, 0.1) is 0 Å². The number of carbonyl (C=O) groups excluding carboxylic acids is 1. The minimum atomic E-state index is 0.0677. The van der Waals surface area contributed by atoms with Crippen molar-refractivity contribution in [2.24, 2.45) is 0 Å². The average Bonchev–Trinajstić information content (AvgIpc) is 2.77. The van der Waals surface area contributed by atoms with E-state index in [-0.39, 0.29) is 11.9 Å². The van der Waals surface area contributed by atoms with Gasteiger partial charge in [0.1, 0.15) is 0 Å². The van der Waals surface area contributed by atoms with Gasteiger partial charge in [0, 0.05) is 6.04 Å². The molecule has 0 bridgehead atoms. The molecule has 0 aromatic heterocycles. The zero-order valence-electron chi connectivity index (χ0n) is 10.7. The Bertz CT molecular complexity index is 200. The Kier molecular flexibility index (Phi) is 6.46. The molecule has 1 heterocycles. The number of amides is 1. The summed E-state index contributed by atoms with van der Waals surface area (Å²) in [6.45, 7) is 5.32. The van der Waals surface area contributed by atoms with Gasteiger partial charge in [0.2, 0.25) is 5.91 Å². The number of rotatable bonds is 7. The second kappa shape index (κ2) is 7.66. The standard InChI is InChI=1S/C13H26N2O/c1-3-4-5-6-8-11(2)15-13(16)12-9-7-10-14-12/h11-12,14H,3-10H2,1-2H3,(H,15,16)/t11?,12-/m0/s1. The largest absolute Gasteiger partial charge is 0.352 e. The predicted octanol–water partition coefficient (Wildman–Crippen LogP) is 2.21. The molecule has 0 radical (unpaired) electrons. The van der Waals surface area contributed by atoms with E-state index in [1.807, 2.05) is 0 Å². The van der Waals surface area contributed by atoms with Gasteiger partial charge >= 0.3 is 0 Å². The number of nitrogens with one attached hydrogen (secondary N) is 2. The summed E-state index contributed by atoms with van der Waals surface area (Å²) >= 11 is 0.